The van der Waals surface area contributed by atoms with Gasteiger partial charge < -0.3 is 5.73 Å². The van der Waals surface area contributed by atoms with Gasteiger partial charge in [-0.05, 0) is 11.5 Å². The lowest BCUT2D eigenvalue weighted by atomic mass is 9.92. The first-order valence-corrected chi connectivity index (χ1v) is 6.72. The predicted molar refractivity (Wildman–Crippen MR) is 74.5 cm³/mol. The molecule has 114 valence electrons. The Morgan fingerprint density at radius 1 is 1.14 bits per heavy atom. The van der Waals surface area contributed by atoms with E-state index in [-0.39, 0.29) is 12.0 Å². The quantitative estimate of drug-likeness (QED) is 0.933. The van der Waals surface area contributed by atoms with E-state index in [9.17, 15) is 13.2 Å². The number of alkyl halides is 3. The molecule has 21 heavy (non-hydrogen) atoms. The first-order valence-electron chi connectivity index (χ1n) is 6.72. The smallest absolute Gasteiger partial charge is 0.322 e. The Hall–Kier alpha value is -1.82. The Labute approximate surface area is 121 Å². The highest BCUT2D eigenvalue weighted by molar-refractivity contribution is 5.20. The van der Waals surface area contributed by atoms with Crippen molar-refractivity contribution in [3.05, 3.63) is 53.9 Å². The van der Waals surface area contributed by atoms with E-state index in [0.29, 0.717) is 0 Å². The lowest BCUT2D eigenvalue weighted by Crippen LogP contribution is -2.29. The second-order valence-corrected chi connectivity index (χ2v) is 5.38. The van der Waals surface area contributed by atoms with Crippen LogP contribution in [0.2, 0.25) is 0 Å². The molecule has 2 atom stereocenters. The number of hydrogen-bond donors (Lipinski definition) is 1. The molecule has 6 heteroatoms. The molecule has 0 fully saturated rings. The van der Waals surface area contributed by atoms with E-state index in [1.165, 1.54) is 4.68 Å². The van der Waals surface area contributed by atoms with Crippen molar-refractivity contribution in [3.63, 3.8) is 0 Å². The van der Waals surface area contributed by atoms with Crippen molar-refractivity contribution in [2.75, 3.05) is 0 Å². The minimum absolute atomic E-state index is 0.0428. The Kier molecular flexibility index (Phi) is 4.37. The van der Waals surface area contributed by atoms with Crippen LogP contribution in [0.25, 0.3) is 0 Å². The van der Waals surface area contributed by atoms with Crippen molar-refractivity contribution >= 4 is 0 Å². The summed E-state index contributed by atoms with van der Waals surface area (Å²) in [4.78, 5) is 0. The maximum atomic E-state index is 12.7. The number of aromatic nitrogens is 2. The van der Waals surface area contributed by atoms with Gasteiger partial charge in [0.05, 0.1) is 23.8 Å². The molecule has 2 rings (SSSR count). The fourth-order valence-electron chi connectivity index (χ4n) is 2.40. The highest BCUT2D eigenvalue weighted by Gasteiger charge is 2.34. The van der Waals surface area contributed by atoms with Crippen LogP contribution in [0.5, 0.6) is 0 Å². The van der Waals surface area contributed by atoms with Gasteiger partial charge in [-0.25, -0.2) is 0 Å². The summed E-state index contributed by atoms with van der Waals surface area (Å²) in [5.41, 5.74) is 6.37. The Balaban J connectivity index is 2.34. The van der Waals surface area contributed by atoms with Crippen LogP contribution in [0.1, 0.15) is 37.1 Å². The third kappa shape index (κ3) is 3.44. The van der Waals surface area contributed by atoms with Crippen molar-refractivity contribution in [1.82, 2.24) is 9.78 Å². The van der Waals surface area contributed by atoms with Crippen molar-refractivity contribution in [3.8, 4) is 0 Å². The van der Waals surface area contributed by atoms with Gasteiger partial charge in [-0.15, -0.1) is 0 Å². The number of halogens is 3. The fourth-order valence-corrected chi connectivity index (χ4v) is 2.40. The number of hydrogen-bond acceptors (Lipinski definition) is 2. The molecule has 0 saturated heterocycles. The molecule has 1 aromatic heterocycles. The summed E-state index contributed by atoms with van der Waals surface area (Å²) in [7, 11) is 0. The monoisotopic (exact) mass is 297 g/mol. The average Bonchev–Trinajstić information content (AvgIpc) is 2.89. The normalized spacial score (nSPS) is 15.2. The number of nitrogens with two attached hydrogens (primary N) is 1. The van der Waals surface area contributed by atoms with Crippen LogP contribution in [-0.4, -0.2) is 9.78 Å². The van der Waals surface area contributed by atoms with E-state index in [0.717, 1.165) is 18.0 Å². The number of rotatable bonds is 4. The molecule has 0 saturated carbocycles. The maximum Gasteiger partial charge on any atom is 0.419 e. The van der Waals surface area contributed by atoms with E-state index < -0.39 is 17.8 Å². The zero-order valence-corrected chi connectivity index (χ0v) is 11.9. The van der Waals surface area contributed by atoms with Gasteiger partial charge >= 0.3 is 6.18 Å². The van der Waals surface area contributed by atoms with Crippen LogP contribution in [0, 0.1) is 5.92 Å². The van der Waals surface area contributed by atoms with Crippen LogP contribution in [0.15, 0.2) is 42.7 Å². The van der Waals surface area contributed by atoms with E-state index in [1.54, 1.807) is 0 Å². The Morgan fingerprint density at radius 3 is 2.24 bits per heavy atom. The van der Waals surface area contributed by atoms with Crippen molar-refractivity contribution in [2.45, 2.75) is 32.1 Å². The summed E-state index contributed by atoms with van der Waals surface area (Å²) in [6.07, 6.45) is -2.53. The molecule has 0 amide bonds. The van der Waals surface area contributed by atoms with E-state index >= 15 is 0 Å². The molecule has 3 nitrogen and oxygen atoms in total. The van der Waals surface area contributed by atoms with Gasteiger partial charge in [0.25, 0.3) is 0 Å². The SMILES string of the molecule is CC(C)C(C(N)c1ccccc1)n1cc(C(F)(F)F)cn1. The summed E-state index contributed by atoms with van der Waals surface area (Å²) >= 11 is 0. The molecule has 2 unspecified atom stereocenters. The van der Waals surface area contributed by atoms with Gasteiger partial charge in [0.2, 0.25) is 0 Å². The molecule has 0 bridgehead atoms. The molecule has 1 heterocycles. The standard InChI is InChI=1S/C15H18F3N3/c1-10(2)14(13(19)11-6-4-3-5-7-11)21-9-12(8-20-21)15(16,17)18/h3-10,13-14H,19H2,1-2H3. The minimum Gasteiger partial charge on any atom is -0.322 e. The highest BCUT2D eigenvalue weighted by Crippen LogP contribution is 2.33. The Bertz CT molecular complexity index is 575. The summed E-state index contributed by atoms with van der Waals surface area (Å²) in [6, 6.07) is 8.56. The molecule has 0 spiro atoms. The first kappa shape index (κ1) is 15.6. The minimum atomic E-state index is -4.39. The largest absolute Gasteiger partial charge is 0.419 e. The number of benzene rings is 1. The van der Waals surface area contributed by atoms with Crippen LogP contribution in [-0.2, 0) is 6.18 Å². The van der Waals surface area contributed by atoms with E-state index in [1.807, 2.05) is 44.2 Å². The summed E-state index contributed by atoms with van der Waals surface area (Å²) in [6.45, 7) is 3.84. The maximum absolute atomic E-state index is 12.7. The second-order valence-electron chi connectivity index (χ2n) is 5.38. The van der Waals surface area contributed by atoms with Gasteiger partial charge in [0.1, 0.15) is 0 Å². The van der Waals surface area contributed by atoms with Gasteiger partial charge in [-0.2, -0.15) is 18.3 Å². The molecule has 0 aliphatic rings. The lowest BCUT2D eigenvalue weighted by molar-refractivity contribution is -0.137. The summed E-state index contributed by atoms with van der Waals surface area (Å²) in [5.74, 6) is 0.0428. The fraction of sp³-hybridized carbons (Fsp3) is 0.400. The molecule has 0 aliphatic carbocycles. The molecular formula is C15H18F3N3. The van der Waals surface area contributed by atoms with Crippen LogP contribution < -0.4 is 5.73 Å². The van der Waals surface area contributed by atoms with Crippen molar-refractivity contribution in [1.29, 1.82) is 0 Å². The van der Waals surface area contributed by atoms with Crippen LogP contribution in [0.3, 0.4) is 0 Å². The summed E-state index contributed by atoms with van der Waals surface area (Å²) in [5, 5.41) is 3.87. The zero-order chi connectivity index (χ0) is 15.6. The zero-order valence-electron chi connectivity index (χ0n) is 11.9. The van der Waals surface area contributed by atoms with E-state index in [2.05, 4.69) is 5.10 Å². The molecule has 1 aromatic carbocycles. The third-order valence-corrected chi connectivity index (χ3v) is 3.47. The molecule has 2 N–H and O–H groups in total. The van der Waals surface area contributed by atoms with Crippen molar-refractivity contribution in [2.24, 2.45) is 11.7 Å². The number of nitrogens with zero attached hydrogens (tertiary/aromatic N) is 2. The topological polar surface area (TPSA) is 43.8 Å². The Morgan fingerprint density at radius 2 is 1.76 bits per heavy atom. The van der Waals surface area contributed by atoms with Gasteiger partial charge in [-0.3, -0.25) is 4.68 Å². The molecule has 0 aliphatic heterocycles. The first-order chi connectivity index (χ1) is 9.80. The van der Waals surface area contributed by atoms with Gasteiger partial charge in [0, 0.05) is 6.20 Å². The third-order valence-electron chi connectivity index (χ3n) is 3.47. The lowest BCUT2D eigenvalue weighted by Gasteiger charge is -2.28. The molecule has 2 aromatic rings. The molecule has 0 radical (unpaired) electrons. The van der Waals surface area contributed by atoms with Gasteiger partial charge in [-0.1, -0.05) is 44.2 Å². The van der Waals surface area contributed by atoms with Crippen LogP contribution >= 0.6 is 0 Å². The predicted octanol–water partition coefficient (Wildman–Crippen LogP) is 3.80. The average molecular weight is 297 g/mol. The molecular weight excluding hydrogens is 279 g/mol. The van der Waals surface area contributed by atoms with Gasteiger partial charge in [0.15, 0.2) is 0 Å². The van der Waals surface area contributed by atoms with E-state index in [4.69, 9.17) is 5.73 Å². The van der Waals surface area contributed by atoms with Crippen molar-refractivity contribution < 1.29 is 13.2 Å². The van der Waals surface area contributed by atoms with Crippen LogP contribution in [0.4, 0.5) is 13.2 Å². The summed E-state index contributed by atoms with van der Waals surface area (Å²) < 4.78 is 39.4. The second kappa shape index (κ2) is 5.89. The highest BCUT2D eigenvalue weighted by atomic mass is 19.4.